The number of nitrogens with one attached hydrogen (secondary N) is 1. The van der Waals surface area contributed by atoms with Crippen molar-refractivity contribution in [2.24, 2.45) is 5.41 Å². The zero-order chi connectivity index (χ0) is 15.5. The van der Waals surface area contributed by atoms with Crippen molar-refractivity contribution in [3.05, 3.63) is 51.7 Å². The molecule has 1 unspecified atom stereocenters. The quantitative estimate of drug-likeness (QED) is 0.864. The third kappa shape index (κ3) is 4.35. The van der Waals surface area contributed by atoms with E-state index in [0.29, 0.717) is 0 Å². The van der Waals surface area contributed by atoms with Gasteiger partial charge in [0.1, 0.15) is 5.82 Å². The van der Waals surface area contributed by atoms with E-state index in [-0.39, 0.29) is 17.3 Å². The molecule has 4 heteroatoms. The Bertz CT molecular complexity index is 569. The van der Waals surface area contributed by atoms with E-state index < -0.39 is 0 Å². The molecule has 0 aliphatic rings. The van der Waals surface area contributed by atoms with Crippen LogP contribution in [0.1, 0.15) is 49.2 Å². The smallest absolute Gasteiger partial charge is 0.123 e. The number of nitrogens with zero attached hydrogens (tertiary/aromatic N) is 1. The summed E-state index contributed by atoms with van der Waals surface area (Å²) in [5, 5.41) is 4.76. The number of hydrogen-bond donors (Lipinski definition) is 1. The highest BCUT2D eigenvalue weighted by atomic mass is 32.1. The normalized spacial score (nSPS) is 13.4. The molecular weight excluding hydrogens is 283 g/mol. The molecule has 0 saturated heterocycles. The fraction of sp³-hybridized carbons (Fsp3) is 0.471. The van der Waals surface area contributed by atoms with Crippen LogP contribution in [0.15, 0.2) is 30.5 Å². The first-order valence-corrected chi connectivity index (χ1v) is 8.14. The molecule has 0 aliphatic carbocycles. The minimum absolute atomic E-state index is 0.0517. The molecule has 0 spiro atoms. The van der Waals surface area contributed by atoms with Crippen molar-refractivity contribution in [3.8, 4) is 0 Å². The maximum absolute atomic E-state index is 13.1. The summed E-state index contributed by atoms with van der Waals surface area (Å²) in [6.45, 7) is 9.48. The predicted octanol–water partition coefficient (Wildman–Crippen LogP) is 4.72. The number of aryl methyl sites for hydroxylation is 1. The number of thiazole rings is 1. The Morgan fingerprint density at radius 1 is 1.24 bits per heavy atom. The Labute approximate surface area is 130 Å². The minimum Gasteiger partial charge on any atom is -0.305 e. The zero-order valence-electron chi connectivity index (χ0n) is 13.1. The highest BCUT2D eigenvalue weighted by Gasteiger charge is 2.25. The van der Waals surface area contributed by atoms with Gasteiger partial charge in [-0.05, 0) is 29.5 Å². The van der Waals surface area contributed by atoms with E-state index >= 15 is 0 Å². The molecule has 21 heavy (non-hydrogen) atoms. The third-order valence-corrected chi connectivity index (χ3v) is 4.60. The topological polar surface area (TPSA) is 24.9 Å². The number of halogens is 1. The SMILES string of the molecule is CCc1ncc(CNC(c2ccc(F)cc2)C(C)(C)C)s1. The molecule has 1 aromatic carbocycles. The monoisotopic (exact) mass is 306 g/mol. The number of rotatable bonds is 5. The lowest BCUT2D eigenvalue weighted by Gasteiger charge is -2.32. The van der Waals surface area contributed by atoms with Crippen molar-refractivity contribution >= 4 is 11.3 Å². The number of hydrogen-bond acceptors (Lipinski definition) is 3. The molecule has 0 aliphatic heterocycles. The van der Waals surface area contributed by atoms with Gasteiger partial charge in [0.2, 0.25) is 0 Å². The summed E-state index contributed by atoms with van der Waals surface area (Å²) < 4.78 is 13.1. The molecule has 1 heterocycles. The lowest BCUT2D eigenvalue weighted by Crippen LogP contribution is -2.31. The Kier molecular flexibility index (Phi) is 5.12. The van der Waals surface area contributed by atoms with Crippen molar-refractivity contribution in [1.29, 1.82) is 0 Å². The Hall–Kier alpha value is -1.26. The second-order valence-electron chi connectivity index (χ2n) is 6.31. The summed E-state index contributed by atoms with van der Waals surface area (Å²) in [4.78, 5) is 5.63. The molecule has 1 atom stereocenters. The molecule has 2 rings (SSSR count). The van der Waals surface area contributed by atoms with Gasteiger partial charge in [0.05, 0.1) is 5.01 Å². The molecule has 2 nitrogen and oxygen atoms in total. The maximum atomic E-state index is 13.1. The van der Waals surface area contributed by atoms with Gasteiger partial charge in [-0.3, -0.25) is 0 Å². The van der Waals surface area contributed by atoms with E-state index in [9.17, 15) is 4.39 Å². The second kappa shape index (κ2) is 6.67. The molecule has 2 aromatic rings. The van der Waals surface area contributed by atoms with Crippen LogP contribution in [0.2, 0.25) is 0 Å². The Morgan fingerprint density at radius 2 is 1.90 bits per heavy atom. The highest BCUT2D eigenvalue weighted by Crippen LogP contribution is 2.33. The molecule has 0 saturated carbocycles. The maximum Gasteiger partial charge on any atom is 0.123 e. The average Bonchev–Trinajstić information content (AvgIpc) is 2.87. The van der Waals surface area contributed by atoms with Gasteiger partial charge >= 0.3 is 0 Å². The van der Waals surface area contributed by atoms with E-state index in [1.165, 1.54) is 22.0 Å². The van der Waals surface area contributed by atoms with Crippen LogP contribution in [0.5, 0.6) is 0 Å². The van der Waals surface area contributed by atoms with Crippen LogP contribution in [-0.4, -0.2) is 4.98 Å². The average molecular weight is 306 g/mol. The lowest BCUT2D eigenvalue weighted by atomic mass is 9.82. The van der Waals surface area contributed by atoms with E-state index in [1.807, 2.05) is 18.3 Å². The fourth-order valence-corrected chi connectivity index (χ4v) is 3.19. The van der Waals surface area contributed by atoms with Gasteiger partial charge in [-0.2, -0.15) is 0 Å². The Morgan fingerprint density at radius 3 is 2.43 bits per heavy atom. The first-order chi connectivity index (χ1) is 9.90. The largest absolute Gasteiger partial charge is 0.305 e. The van der Waals surface area contributed by atoms with Crippen LogP contribution in [0, 0.1) is 11.2 Å². The predicted molar refractivity (Wildman–Crippen MR) is 86.9 cm³/mol. The molecule has 0 radical (unpaired) electrons. The molecule has 0 amide bonds. The summed E-state index contributed by atoms with van der Waals surface area (Å²) in [6.07, 6.45) is 2.92. The summed E-state index contributed by atoms with van der Waals surface area (Å²) in [5.74, 6) is -0.193. The Balaban J connectivity index is 2.12. The van der Waals surface area contributed by atoms with Gasteiger partial charge in [-0.1, -0.05) is 39.8 Å². The second-order valence-corrected chi connectivity index (χ2v) is 7.51. The molecule has 0 fully saturated rings. The highest BCUT2D eigenvalue weighted by molar-refractivity contribution is 7.11. The molecule has 1 aromatic heterocycles. The molecule has 1 N–H and O–H groups in total. The first-order valence-electron chi connectivity index (χ1n) is 7.32. The van der Waals surface area contributed by atoms with Gasteiger partial charge in [0, 0.05) is 23.7 Å². The third-order valence-electron chi connectivity index (χ3n) is 3.45. The van der Waals surface area contributed by atoms with Crippen molar-refractivity contribution in [2.45, 2.75) is 46.7 Å². The summed E-state index contributed by atoms with van der Waals surface area (Å²) in [6, 6.07) is 6.95. The summed E-state index contributed by atoms with van der Waals surface area (Å²) >= 11 is 1.75. The van der Waals surface area contributed by atoms with Gasteiger partial charge in [0.25, 0.3) is 0 Å². The van der Waals surface area contributed by atoms with Crippen molar-refractivity contribution in [1.82, 2.24) is 10.3 Å². The molecular formula is C17H23FN2S. The standard InChI is InChI=1S/C17H23FN2S/c1-5-15-19-10-14(21-15)11-20-16(17(2,3)4)12-6-8-13(18)9-7-12/h6-10,16,20H,5,11H2,1-4H3. The van der Waals surface area contributed by atoms with Crippen LogP contribution >= 0.6 is 11.3 Å². The van der Waals surface area contributed by atoms with E-state index in [2.05, 4.69) is 38.0 Å². The minimum atomic E-state index is -0.193. The number of benzene rings is 1. The molecule has 0 bridgehead atoms. The van der Waals surface area contributed by atoms with Crippen LogP contribution in [0.4, 0.5) is 4.39 Å². The van der Waals surface area contributed by atoms with E-state index in [1.54, 1.807) is 11.3 Å². The van der Waals surface area contributed by atoms with E-state index in [4.69, 9.17) is 0 Å². The van der Waals surface area contributed by atoms with E-state index in [0.717, 1.165) is 18.5 Å². The zero-order valence-corrected chi connectivity index (χ0v) is 13.9. The van der Waals surface area contributed by atoms with Gasteiger partial charge in [-0.15, -0.1) is 11.3 Å². The van der Waals surface area contributed by atoms with Crippen molar-refractivity contribution in [3.63, 3.8) is 0 Å². The van der Waals surface area contributed by atoms with Crippen molar-refractivity contribution in [2.75, 3.05) is 0 Å². The molecule has 114 valence electrons. The van der Waals surface area contributed by atoms with Gasteiger partial charge in [0.15, 0.2) is 0 Å². The summed E-state index contributed by atoms with van der Waals surface area (Å²) in [5.41, 5.74) is 1.17. The fourth-order valence-electron chi connectivity index (χ4n) is 2.38. The van der Waals surface area contributed by atoms with Crippen LogP contribution in [-0.2, 0) is 13.0 Å². The van der Waals surface area contributed by atoms with Crippen molar-refractivity contribution < 1.29 is 4.39 Å². The van der Waals surface area contributed by atoms with Gasteiger partial charge in [-0.25, -0.2) is 9.37 Å². The van der Waals surface area contributed by atoms with Crippen LogP contribution < -0.4 is 5.32 Å². The lowest BCUT2D eigenvalue weighted by molar-refractivity contribution is 0.271. The van der Waals surface area contributed by atoms with Crippen LogP contribution in [0.25, 0.3) is 0 Å². The van der Waals surface area contributed by atoms with Gasteiger partial charge < -0.3 is 5.32 Å². The summed E-state index contributed by atoms with van der Waals surface area (Å²) in [7, 11) is 0. The van der Waals surface area contributed by atoms with Crippen LogP contribution in [0.3, 0.4) is 0 Å². The number of aromatic nitrogens is 1. The first kappa shape index (κ1) is 16.1.